The van der Waals surface area contributed by atoms with Gasteiger partial charge in [-0.05, 0) is 30.9 Å². The van der Waals surface area contributed by atoms with Crippen molar-refractivity contribution in [3.05, 3.63) is 45.9 Å². The van der Waals surface area contributed by atoms with E-state index in [1.807, 2.05) is 0 Å². The van der Waals surface area contributed by atoms with E-state index < -0.39 is 17.7 Å². The van der Waals surface area contributed by atoms with Gasteiger partial charge in [0.15, 0.2) is 0 Å². The number of carboxylic acids is 1. The van der Waals surface area contributed by atoms with E-state index in [1.165, 1.54) is 23.5 Å². The summed E-state index contributed by atoms with van der Waals surface area (Å²) in [7, 11) is 0. The predicted molar refractivity (Wildman–Crippen MR) is 106 cm³/mol. The predicted octanol–water partition coefficient (Wildman–Crippen LogP) is 3.68. The van der Waals surface area contributed by atoms with Crippen molar-refractivity contribution in [2.45, 2.75) is 31.9 Å². The van der Waals surface area contributed by atoms with Crippen molar-refractivity contribution in [1.29, 1.82) is 0 Å². The molecule has 2 aromatic rings. The van der Waals surface area contributed by atoms with Gasteiger partial charge in [-0.25, -0.2) is 4.98 Å². The second-order valence-corrected chi connectivity index (χ2v) is 8.17. The number of aliphatic carboxylic acids is 1. The average Bonchev–Trinajstić information content (AvgIpc) is 3.12. The number of nitrogens with one attached hydrogen (secondary N) is 1. The molecular formula is C20H22F3N3O3S. The van der Waals surface area contributed by atoms with Crippen LogP contribution in [-0.2, 0) is 28.6 Å². The molecule has 2 N–H and O–H groups in total. The maximum Gasteiger partial charge on any atom is 0.418 e. The number of carbonyl (C=O) groups is 2. The first-order valence-corrected chi connectivity index (χ1v) is 10.4. The maximum absolute atomic E-state index is 13.1. The Morgan fingerprint density at radius 2 is 1.90 bits per heavy atom. The van der Waals surface area contributed by atoms with E-state index in [9.17, 15) is 22.8 Å². The summed E-state index contributed by atoms with van der Waals surface area (Å²) in [6, 6.07) is 5.42. The third-order valence-electron chi connectivity index (χ3n) is 5.01. The minimum Gasteiger partial charge on any atom is -0.481 e. The van der Waals surface area contributed by atoms with E-state index in [2.05, 4.69) is 10.3 Å². The summed E-state index contributed by atoms with van der Waals surface area (Å²) in [6.07, 6.45) is -3.03. The quantitative estimate of drug-likeness (QED) is 0.685. The number of halogens is 3. The summed E-state index contributed by atoms with van der Waals surface area (Å²) < 4.78 is 39.2. The molecule has 162 valence electrons. The Bertz CT molecular complexity index is 893. The van der Waals surface area contributed by atoms with Gasteiger partial charge >= 0.3 is 12.1 Å². The Hall–Kier alpha value is -2.62. The number of carboxylic acid groups (broad SMARTS) is 1. The Kier molecular flexibility index (Phi) is 6.96. The highest BCUT2D eigenvalue weighted by atomic mass is 32.1. The fraction of sp³-hybridized carbons (Fsp3) is 0.450. The van der Waals surface area contributed by atoms with Crippen molar-refractivity contribution < 1.29 is 27.9 Å². The van der Waals surface area contributed by atoms with E-state index in [0.717, 1.165) is 6.07 Å². The smallest absolute Gasteiger partial charge is 0.418 e. The van der Waals surface area contributed by atoms with Gasteiger partial charge in [-0.15, -0.1) is 11.3 Å². The highest BCUT2D eigenvalue weighted by Crippen LogP contribution is 2.34. The maximum atomic E-state index is 13.1. The second-order valence-electron chi connectivity index (χ2n) is 7.23. The lowest BCUT2D eigenvalue weighted by Crippen LogP contribution is -2.40. The van der Waals surface area contributed by atoms with E-state index in [-0.39, 0.29) is 30.4 Å². The van der Waals surface area contributed by atoms with Crippen LogP contribution in [0.15, 0.2) is 29.6 Å². The molecular weight excluding hydrogens is 419 g/mol. The average molecular weight is 441 g/mol. The molecule has 1 fully saturated rings. The van der Waals surface area contributed by atoms with Crippen LogP contribution < -0.4 is 5.32 Å². The molecule has 1 aliphatic heterocycles. The highest BCUT2D eigenvalue weighted by Gasteiger charge is 2.33. The van der Waals surface area contributed by atoms with Gasteiger partial charge in [0, 0.05) is 30.7 Å². The van der Waals surface area contributed by atoms with E-state index in [1.54, 1.807) is 16.3 Å². The SMILES string of the molecule is O=C(O)Cc1csc(CC(=O)N2CCC(CNc3ccccc3C(F)(F)F)CC2)n1. The van der Waals surface area contributed by atoms with Crippen LogP contribution in [0.1, 0.15) is 29.1 Å². The minimum atomic E-state index is -4.40. The Balaban J connectivity index is 1.46. The van der Waals surface area contributed by atoms with Crippen LogP contribution in [0.4, 0.5) is 18.9 Å². The fourth-order valence-electron chi connectivity index (χ4n) is 3.43. The molecule has 0 atom stereocenters. The number of anilines is 1. The van der Waals surface area contributed by atoms with E-state index in [0.29, 0.717) is 43.2 Å². The van der Waals surface area contributed by atoms with Gasteiger partial charge in [-0.3, -0.25) is 9.59 Å². The number of likely N-dealkylation sites (tertiary alicyclic amines) is 1. The Labute approximate surface area is 175 Å². The number of alkyl halides is 3. The molecule has 3 rings (SSSR count). The van der Waals surface area contributed by atoms with Crippen LogP contribution in [0.25, 0.3) is 0 Å². The zero-order valence-corrected chi connectivity index (χ0v) is 16.9. The van der Waals surface area contributed by atoms with Crippen LogP contribution >= 0.6 is 11.3 Å². The molecule has 0 radical (unpaired) electrons. The molecule has 2 heterocycles. The van der Waals surface area contributed by atoms with Crippen LogP contribution in [-0.4, -0.2) is 46.5 Å². The molecule has 0 unspecified atom stereocenters. The molecule has 1 aromatic carbocycles. The number of benzene rings is 1. The molecule has 0 spiro atoms. The first kappa shape index (κ1) is 22.1. The molecule has 1 aromatic heterocycles. The van der Waals surface area contributed by atoms with Gasteiger partial charge in [-0.1, -0.05) is 12.1 Å². The molecule has 1 aliphatic rings. The first-order valence-electron chi connectivity index (χ1n) is 9.55. The van der Waals surface area contributed by atoms with Crippen molar-refractivity contribution in [2.75, 3.05) is 25.0 Å². The number of thiazole rings is 1. The molecule has 0 saturated carbocycles. The normalized spacial score (nSPS) is 15.2. The zero-order valence-electron chi connectivity index (χ0n) is 16.1. The van der Waals surface area contributed by atoms with Crippen LogP contribution in [0, 0.1) is 5.92 Å². The lowest BCUT2D eigenvalue weighted by molar-refractivity contribution is -0.137. The third-order valence-corrected chi connectivity index (χ3v) is 5.91. The first-order chi connectivity index (χ1) is 14.2. The standard InChI is InChI=1S/C20H22F3N3O3S/c21-20(22,23)15-3-1-2-4-16(15)24-11-13-5-7-26(8-6-13)18(27)10-17-25-14(12-30-17)9-19(28)29/h1-4,12-13,24H,5-11H2,(H,28,29). The summed E-state index contributed by atoms with van der Waals surface area (Å²) in [4.78, 5) is 29.1. The van der Waals surface area contributed by atoms with Crippen molar-refractivity contribution >= 4 is 28.9 Å². The molecule has 0 aliphatic carbocycles. The number of nitrogens with zero attached hydrogens (tertiary/aromatic N) is 2. The lowest BCUT2D eigenvalue weighted by Gasteiger charge is -2.32. The van der Waals surface area contributed by atoms with Crippen molar-refractivity contribution in [1.82, 2.24) is 9.88 Å². The monoisotopic (exact) mass is 441 g/mol. The van der Waals surface area contributed by atoms with Gasteiger partial charge in [0.2, 0.25) is 5.91 Å². The number of aromatic nitrogens is 1. The summed E-state index contributed by atoms with van der Waals surface area (Å²) in [5.41, 5.74) is -0.160. The molecule has 10 heteroatoms. The number of hydrogen-bond acceptors (Lipinski definition) is 5. The summed E-state index contributed by atoms with van der Waals surface area (Å²) in [5.74, 6) is -0.857. The van der Waals surface area contributed by atoms with Gasteiger partial charge in [-0.2, -0.15) is 13.2 Å². The van der Waals surface area contributed by atoms with Crippen LogP contribution in [0.5, 0.6) is 0 Å². The van der Waals surface area contributed by atoms with Crippen molar-refractivity contribution in [3.63, 3.8) is 0 Å². The van der Waals surface area contributed by atoms with Crippen molar-refractivity contribution in [2.24, 2.45) is 5.92 Å². The largest absolute Gasteiger partial charge is 0.481 e. The number of para-hydroxylation sites is 1. The summed E-state index contributed by atoms with van der Waals surface area (Å²) in [5, 5.41) is 13.9. The molecule has 1 saturated heterocycles. The van der Waals surface area contributed by atoms with E-state index in [4.69, 9.17) is 5.11 Å². The van der Waals surface area contributed by atoms with Crippen LogP contribution in [0.2, 0.25) is 0 Å². The molecule has 30 heavy (non-hydrogen) atoms. The summed E-state index contributed by atoms with van der Waals surface area (Å²) >= 11 is 1.27. The fourth-order valence-corrected chi connectivity index (χ4v) is 4.22. The number of piperidine rings is 1. The number of rotatable bonds is 7. The molecule has 0 bridgehead atoms. The third kappa shape index (κ3) is 5.94. The van der Waals surface area contributed by atoms with Crippen LogP contribution in [0.3, 0.4) is 0 Å². The zero-order chi connectivity index (χ0) is 21.7. The second kappa shape index (κ2) is 9.46. The van der Waals surface area contributed by atoms with Gasteiger partial charge in [0.25, 0.3) is 0 Å². The highest BCUT2D eigenvalue weighted by molar-refractivity contribution is 7.09. The lowest BCUT2D eigenvalue weighted by atomic mass is 9.96. The molecule has 1 amide bonds. The Morgan fingerprint density at radius 1 is 1.20 bits per heavy atom. The van der Waals surface area contributed by atoms with Gasteiger partial charge < -0.3 is 15.3 Å². The van der Waals surface area contributed by atoms with Gasteiger partial charge in [0.05, 0.1) is 24.1 Å². The van der Waals surface area contributed by atoms with Gasteiger partial charge in [0.1, 0.15) is 5.01 Å². The van der Waals surface area contributed by atoms with Crippen molar-refractivity contribution in [3.8, 4) is 0 Å². The van der Waals surface area contributed by atoms with E-state index >= 15 is 0 Å². The number of hydrogen-bond donors (Lipinski definition) is 2. The number of carbonyl (C=O) groups excluding carboxylic acids is 1. The number of amides is 1. The Morgan fingerprint density at radius 3 is 2.57 bits per heavy atom. The topological polar surface area (TPSA) is 82.5 Å². The summed E-state index contributed by atoms with van der Waals surface area (Å²) in [6.45, 7) is 1.50. The minimum absolute atomic E-state index is 0.0694. The molecule has 6 nitrogen and oxygen atoms in total.